The van der Waals surface area contributed by atoms with Gasteiger partial charge in [-0.05, 0) is 49.2 Å². The highest BCUT2D eigenvalue weighted by atomic mass is 32.2. The van der Waals surface area contributed by atoms with Crippen LogP contribution in [0.25, 0.3) is 0 Å². The van der Waals surface area contributed by atoms with Crippen LogP contribution in [-0.2, 0) is 10.0 Å². The number of hydrogen-bond acceptors (Lipinski definition) is 4. The van der Waals surface area contributed by atoms with E-state index in [1.54, 1.807) is 42.5 Å². The van der Waals surface area contributed by atoms with Crippen molar-refractivity contribution >= 4 is 27.3 Å². The van der Waals surface area contributed by atoms with E-state index in [-0.39, 0.29) is 11.7 Å². The molecule has 0 aliphatic carbocycles. The number of rotatable bonds is 4. The molecule has 0 radical (unpaired) electrons. The van der Waals surface area contributed by atoms with Crippen molar-refractivity contribution in [1.29, 1.82) is 0 Å². The molecule has 3 rings (SSSR count). The van der Waals surface area contributed by atoms with Crippen molar-refractivity contribution in [3.05, 3.63) is 53.6 Å². The van der Waals surface area contributed by atoms with Gasteiger partial charge < -0.3 is 10.1 Å². The van der Waals surface area contributed by atoms with Gasteiger partial charge in [0.2, 0.25) is 10.0 Å². The largest absolute Gasteiger partial charge is 0.496 e. The third-order valence-corrected chi connectivity index (χ3v) is 6.03. The molecule has 25 heavy (non-hydrogen) atoms. The summed E-state index contributed by atoms with van der Waals surface area (Å²) in [6.45, 7) is 2.33. The summed E-state index contributed by atoms with van der Waals surface area (Å²) < 4.78 is 30.8. The Balaban J connectivity index is 1.83. The second-order valence-corrected chi connectivity index (χ2v) is 7.91. The molecule has 0 atom stereocenters. The van der Waals surface area contributed by atoms with E-state index >= 15 is 0 Å². The van der Waals surface area contributed by atoms with Crippen molar-refractivity contribution in [3.63, 3.8) is 0 Å². The van der Waals surface area contributed by atoms with Gasteiger partial charge >= 0.3 is 0 Å². The summed E-state index contributed by atoms with van der Waals surface area (Å²) >= 11 is 0. The zero-order valence-electron chi connectivity index (χ0n) is 14.2. The summed E-state index contributed by atoms with van der Waals surface area (Å²) in [5, 5.41) is 2.83. The molecule has 0 aromatic heterocycles. The molecule has 1 amide bonds. The summed E-state index contributed by atoms with van der Waals surface area (Å²) in [4.78, 5) is 12.5. The molecule has 7 heteroatoms. The number of aryl methyl sites for hydroxylation is 1. The number of ether oxygens (including phenoxy) is 1. The van der Waals surface area contributed by atoms with Gasteiger partial charge in [-0.1, -0.05) is 12.1 Å². The summed E-state index contributed by atoms with van der Waals surface area (Å²) in [5.74, 6) is 0.397. The quantitative estimate of drug-likeness (QED) is 0.910. The number of amides is 1. The SMILES string of the molecule is COc1ccccc1C(=O)Nc1ccc(N2CCCS2(=O)=O)c(C)c1. The summed E-state index contributed by atoms with van der Waals surface area (Å²) in [6, 6.07) is 12.2. The van der Waals surface area contributed by atoms with Crippen LogP contribution in [0.3, 0.4) is 0 Å². The summed E-state index contributed by atoms with van der Waals surface area (Å²) in [6.07, 6.45) is 0.633. The van der Waals surface area contributed by atoms with E-state index in [0.717, 1.165) is 5.56 Å². The lowest BCUT2D eigenvalue weighted by atomic mass is 10.1. The van der Waals surface area contributed by atoms with Crippen molar-refractivity contribution in [2.75, 3.05) is 29.0 Å². The monoisotopic (exact) mass is 360 g/mol. The van der Waals surface area contributed by atoms with Gasteiger partial charge in [-0.3, -0.25) is 9.10 Å². The molecule has 1 N–H and O–H groups in total. The van der Waals surface area contributed by atoms with E-state index < -0.39 is 10.0 Å². The maximum atomic E-state index is 12.5. The number of carbonyl (C=O) groups excluding carboxylic acids is 1. The van der Waals surface area contributed by atoms with E-state index in [4.69, 9.17) is 4.74 Å². The topological polar surface area (TPSA) is 75.7 Å². The Labute approximate surface area is 147 Å². The van der Waals surface area contributed by atoms with Crippen LogP contribution in [0.15, 0.2) is 42.5 Å². The third-order valence-electron chi connectivity index (χ3n) is 4.17. The minimum absolute atomic E-state index is 0.179. The van der Waals surface area contributed by atoms with Crippen molar-refractivity contribution in [1.82, 2.24) is 0 Å². The van der Waals surface area contributed by atoms with Crippen molar-refractivity contribution in [2.45, 2.75) is 13.3 Å². The van der Waals surface area contributed by atoms with Gasteiger partial charge in [0, 0.05) is 12.2 Å². The minimum atomic E-state index is -3.22. The molecule has 1 aliphatic rings. The molecule has 1 heterocycles. The molecule has 0 saturated carbocycles. The number of benzene rings is 2. The normalized spacial score (nSPS) is 15.8. The maximum absolute atomic E-state index is 12.5. The van der Waals surface area contributed by atoms with Gasteiger partial charge in [-0.15, -0.1) is 0 Å². The number of nitrogens with one attached hydrogen (secondary N) is 1. The molecule has 1 saturated heterocycles. The number of hydrogen-bond donors (Lipinski definition) is 1. The smallest absolute Gasteiger partial charge is 0.259 e. The standard InChI is InChI=1S/C18H20N2O4S/c1-13-12-14(8-9-16(13)20-10-5-11-25(20,22)23)19-18(21)15-6-3-4-7-17(15)24-2/h3-4,6-9,12H,5,10-11H2,1-2H3,(H,19,21). The first-order valence-electron chi connectivity index (χ1n) is 7.98. The zero-order chi connectivity index (χ0) is 18.0. The molecule has 0 spiro atoms. The Hall–Kier alpha value is -2.54. The van der Waals surface area contributed by atoms with Gasteiger partial charge in [0.25, 0.3) is 5.91 Å². The predicted octanol–water partition coefficient (Wildman–Crippen LogP) is 2.80. The Morgan fingerprint density at radius 1 is 1.20 bits per heavy atom. The molecule has 6 nitrogen and oxygen atoms in total. The summed E-state index contributed by atoms with van der Waals surface area (Å²) in [7, 11) is -1.71. The Bertz CT molecular complexity index is 909. The van der Waals surface area contributed by atoms with Gasteiger partial charge in [-0.25, -0.2) is 8.42 Å². The lowest BCUT2D eigenvalue weighted by molar-refractivity contribution is 0.102. The molecule has 2 aromatic carbocycles. The van der Waals surface area contributed by atoms with Crippen LogP contribution in [0, 0.1) is 6.92 Å². The van der Waals surface area contributed by atoms with Crippen LogP contribution in [-0.4, -0.2) is 33.7 Å². The Morgan fingerprint density at radius 3 is 2.60 bits per heavy atom. The van der Waals surface area contributed by atoms with Gasteiger partial charge in [-0.2, -0.15) is 0 Å². The number of anilines is 2. The van der Waals surface area contributed by atoms with Crippen molar-refractivity contribution in [3.8, 4) is 5.75 Å². The van der Waals surface area contributed by atoms with Gasteiger partial charge in [0.05, 0.1) is 24.1 Å². The highest BCUT2D eigenvalue weighted by molar-refractivity contribution is 7.93. The molecule has 1 aliphatic heterocycles. The number of carbonyl (C=O) groups is 1. The number of sulfonamides is 1. The zero-order valence-corrected chi connectivity index (χ0v) is 15.0. The molecule has 132 valence electrons. The highest BCUT2D eigenvalue weighted by Crippen LogP contribution is 2.29. The van der Waals surface area contributed by atoms with E-state index in [0.29, 0.717) is 35.7 Å². The average Bonchev–Trinajstić information content (AvgIpc) is 2.94. The first-order valence-corrected chi connectivity index (χ1v) is 9.59. The van der Waals surface area contributed by atoms with Crippen LogP contribution in [0.2, 0.25) is 0 Å². The highest BCUT2D eigenvalue weighted by Gasteiger charge is 2.29. The number of para-hydroxylation sites is 1. The second-order valence-electron chi connectivity index (χ2n) is 5.90. The Morgan fingerprint density at radius 2 is 1.96 bits per heavy atom. The van der Waals surface area contributed by atoms with E-state index in [1.807, 2.05) is 6.92 Å². The average molecular weight is 360 g/mol. The third kappa shape index (κ3) is 3.46. The molecule has 0 unspecified atom stereocenters. The Kier molecular flexibility index (Phi) is 4.67. The second kappa shape index (κ2) is 6.76. The fraction of sp³-hybridized carbons (Fsp3) is 0.278. The van der Waals surface area contributed by atoms with E-state index in [9.17, 15) is 13.2 Å². The fourth-order valence-corrected chi connectivity index (χ4v) is 4.58. The van der Waals surface area contributed by atoms with Crippen molar-refractivity contribution in [2.24, 2.45) is 0 Å². The molecule has 0 bridgehead atoms. The van der Waals surface area contributed by atoms with Crippen LogP contribution in [0.5, 0.6) is 5.75 Å². The number of methoxy groups -OCH3 is 1. The predicted molar refractivity (Wildman–Crippen MR) is 97.9 cm³/mol. The molecular formula is C18H20N2O4S. The maximum Gasteiger partial charge on any atom is 0.259 e. The summed E-state index contributed by atoms with van der Waals surface area (Å²) in [5.41, 5.74) is 2.50. The lowest BCUT2D eigenvalue weighted by Gasteiger charge is -2.20. The van der Waals surface area contributed by atoms with E-state index in [1.165, 1.54) is 11.4 Å². The van der Waals surface area contributed by atoms with Gasteiger partial charge in [0.15, 0.2) is 0 Å². The van der Waals surface area contributed by atoms with Crippen LogP contribution in [0.4, 0.5) is 11.4 Å². The molecule has 2 aromatic rings. The van der Waals surface area contributed by atoms with Gasteiger partial charge in [0.1, 0.15) is 5.75 Å². The van der Waals surface area contributed by atoms with Crippen molar-refractivity contribution < 1.29 is 17.9 Å². The minimum Gasteiger partial charge on any atom is -0.496 e. The number of nitrogens with zero attached hydrogens (tertiary/aromatic N) is 1. The molecule has 1 fully saturated rings. The fourth-order valence-electron chi connectivity index (χ4n) is 2.95. The van der Waals surface area contributed by atoms with Crippen LogP contribution < -0.4 is 14.4 Å². The first-order chi connectivity index (χ1) is 11.9. The van der Waals surface area contributed by atoms with Crippen LogP contribution >= 0.6 is 0 Å². The van der Waals surface area contributed by atoms with Crippen LogP contribution in [0.1, 0.15) is 22.3 Å². The first kappa shape index (κ1) is 17.3. The lowest BCUT2D eigenvalue weighted by Crippen LogP contribution is -2.25. The van der Waals surface area contributed by atoms with E-state index in [2.05, 4.69) is 5.32 Å². The molecular weight excluding hydrogens is 340 g/mol.